The Morgan fingerprint density at radius 1 is 1.02 bits per heavy atom. The van der Waals surface area contributed by atoms with Crippen molar-refractivity contribution in [1.82, 2.24) is 10.1 Å². The third kappa shape index (κ3) is 7.88. The molecule has 4 aromatic rings. The number of alkyl halides is 2. The smallest absolute Gasteiger partial charge is 0.338 e. The molecule has 0 aliphatic rings. The van der Waals surface area contributed by atoms with Crippen LogP contribution in [0, 0.1) is 6.92 Å². The molecule has 0 atom stereocenters. The van der Waals surface area contributed by atoms with Gasteiger partial charge in [0.15, 0.2) is 10.6 Å². The van der Waals surface area contributed by atoms with Crippen LogP contribution in [-0.4, -0.2) is 39.0 Å². The molecule has 0 bridgehead atoms. The average molecular weight is 615 g/mol. The van der Waals surface area contributed by atoms with Crippen LogP contribution in [0.2, 0.25) is 5.02 Å². The number of hydrogen-bond acceptors (Lipinski definition) is 6. The van der Waals surface area contributed by atoms with E-state index < -0.39 is 16.3 Å². The van der Waals surface area contributed by atoms with Gasteiger partial charge in [0.2, 0.25) is 0 Å². The second-order valence-electron chi connectivity index (χ2n) is 10.5. The summed E-state index contributed by atoms with van der Waals surface area (Å²) in [6.07, 6.45) is 2.86. The fraction of sp³-hybridized carbons (Fsp3) is 0.290. The Bertz CT molecular complexity index is 1510. The van der Waals surface area contributed by atoms with E-state index in [0.717, 1.165) is 16.7 Å². The van der Waals surface area contributed by atoms with Gasteiger partial charge in [0.1, 0.15) is 17.0 Å². The lowest BCUT2D eigenvalue weighted by Crippen LogP contribution is -2.36. The molecule has 7 nitrogen and oxygen atoms in total. The minimum absolute atomic E-state index is 0.354. The van der Waals surface area contributed by atoms with Crippen LogP contribution in [0.1, 0.15) is 48.7 Å². The van der Waals surface area contributed by atoms with Gasteiger partial charge in [-0.2, -0.15) is 0 Å². The van der Waals surface area contributed by atoms with Gasteiger partial charge in [-0.05, 0) is 82.0 Å². The van der Waals surface area contributed by atoms with E-state index in [1.165, 1.54) is 4.90 Å². The second kappa shape index (κ2) is 13.1. The molecule has 0 N–H and O–H groups in total. The van der Waals surface area contributed by atoms with Crippen LogP contribution in [0.5, 0.6) is 0 Å². The molecule has 4 rings (SSSR count). The van der Waals surface area contributed by atoms with Crippen LogP contribution in [0.4, 0.5) is 5.69 Å². The summed E-state index contributed by atoms with van der Waals surface area (Å²) in [5.41, 5.74) is 4.32. The molecule has 2 aromatic carbocycles. The summed E-state index contributed by atoms with van der Waals surface area (Å²) in [7, 11) is 0. The summed E-state index contributed by atoms with van der Waals surface area (Å²) < 4.78 is 11.0. The van der Waals surface area contributed by atoms with Gasteiger partial charge in [0.25, 0.3) is 5.91 Å². The Morgan fingerprint density at radius 2 is 1.76 bits per heavy atom. The minimum Gasteiger partial charge on any atom is -0.456 e. The lowest BCUT2D eigenvalue weighted by Gasteiger charge is -2.23. The number of aryl methyl sites for hydroxylation is 2. The maximum atomic E-state index is 13.0. The van der Waals surface area contributed by atoms with Gasteiger partial charge in [-0.15, -0.1) is 0 Å². The largest absolute Gasteiger partial charge is 0.456 e. The predicted molar refractivity (Wildman–Crippen MR) is 163 cm³/mol. The third-order valence-corrected chi connectivity index (χ3v) is 6.87. The van der Waals surface area contributed by atoms with Gasteiger partial charge in [-0.1, -0.05) is 64.2 Å². The molecule has 0 fully saturated rings. The maximum Gasteiger partial charge on any atom is 0.338 e. The predicted octanol–water partition coefficient (Wildman–Crippen LogP) is 8.09. The van der Waals surface area contributed by atoms with Crippen LogP contribution in [-0.2, 0) is 16.0 Å². The van der Waals surface area contributed by atoms with Gasteiger partial charge >= 0.3 is 5.97 Å². The van der Waals surface area contributed by atoms with E-state index in [1.54, 1.807) is 42.6 Å². The topological polar surface area (TPSA) is 85.5 Å². The van der Waals surface area contributed by atoms with Crippen LogP contribution in [0.3, 0.4) is 0 Å². The highest BCUT2D eigenvalue weighted by Crippen LogP contribution is 2.33. The fourth-order valence-electron chi connectivity index (χ4n) is 4.26. The first-order valence-corrected chi connectivity index (χ1v) is 14.3. The molecule has 0 aliphatic carbocycles. The summed E-state index contributed by atoms with van der Waals surface area (Å²) in [6, 6.07) is 18.1. The van der Waals surface area contributed by atoms with E-state index in [2.05, 4.69) is 10.1 Å². The number of halogens is 3. The lowest BCUT2D eigenvalue weighted by molar-refractivity contribution is -0.117. The summed E-state index contributed by atoms with van der Waals surface area (Å²) in [6.45, 7) is 7.78. The van der Waals surface area contributed by atoms with Crippen molar-refractivity contribution < 1.29 is 18.8 Å². The van der Waals surface area contributed by atoms with Crippen LogP contribution < -0.4 is 4.90 Å². The number of benzene rings is 2. The SMILES string of the molecule is Cc1cccc(Cl)c1-c1cc(-c2cc(N(CCCc3ccc(C(=O)OC(C)(C)C)cc3)C(=O)C(Cl)Cl)ccn2)on1. The average Bonchev–Trinajstić information content (AvgIpc) is 3.40. The second-order valence-corrected chi connectivity index (χ2v) is 12.0. The molecule has 10 heteroatoms. The van der Waals surface area contributed by atoms with Crippen LogP contribution in [0.15, 0.2) is 71.4 Å². The molecule has 2 heterocycles. The quantitative estimate of drug-likeness (QED) is 0.140. The van der Waals surface area contributed by atoms with Crippen molar-refractivity contribution in [3.05, 3.63) is 88.6 Å². The Kier molecular flexibility index (Phi) is 9.74. The first kappa shape index (κ1) is 30.6. The number of carbonyl (C=O) groups excluding carboxylic acids is 2. The van der Waals surface area contributed by atoms with Gasteiger partial charge in [-0.25, -0.2) is 4.79 Å². The highest BCUT2D eigenvalue weighted by atomic mass is 35.5. The molecular weight excluding hydrogens is 585 g/mol. The van der Waals surface area contributed by atoms with Crippen molar-refractivity contribution >= 4 is 52.4 Å². The van der Waals surface area contributed by atoms with E-state index in [4.69, 9.17) is 44.1 Å². The number of ether oxygens (including phenoxy) is 1. The zero-order valence-corrected chi connectivity index (χ0v) is 25.4. The first-order chi connectivity index (χ1) is 19.4. The Balaban J connectivity index is 1.49. The van der Waals surface area contributed by atoms with Gasteiger partial charge in [-0.3, -0.25) is 9.78 Å². The van der Waals surface area contributed by atoms with Gasteiger partial charge in [0, 0.05) is 30.1 Å². The van der Waals surface area contributed by atoms with Crippen molar-refractivity contribution in [3.63, 3.8) is 0 Å². The maximum absolute atomic E-state index is 13.0. The lowest BCUT2D eigenvalue weighted by atomic mass is 10.1. The molecule has 214 valence electrons. The number of amides is 1. The van der Waals surface area contributed by atoms with Crippen molar-refractivity contribution in [2.75, 3.05) is 11.4 Å². The first-order valence-electron chi connectivity index (χ1n) is 13.0. The number of rotatable bonds is 9. The molecule has 0 spiro atoms. The van der Waals surface area contributed by atoms with E-state index in [9.17, 15) is 9.59 Å². The summed E-state index contributed by atoms with van der Waals surface area (Å²) in [5, 5.41) is 4.76. The normalized spacial score (nSPS) is 11.5. The minimum atomic E-state index is -1.24. The highest BCUT2D eigenvalue weighted by molar-refractivity contribution is 6.54. The standard InChI is InChI=1S/C31H30Cl3N3O4/c1-19-7-5-9-23(32)27(19)25-18-26(41-36-25)24-17-22(14-15-35-24)37(29(38)28(33)34)16-6-8-20-10-12-21(13-11-20)30(39)40-31(2,3)4/h5,7,9-15,17-18,28H,6,8,16H2,1-4H3. The van der Waals surface area contributed by atoms with Crippen LogP contribution >= 0.6 is 34.8 Å². The third-order valence-electron chi connectivity index (χ3n) is 6.18. The van der Waals surface area contributed by atoms with Crippen molar-refractivity contribution in [1.29, 1.82) is 0 Å². The molecule has 0 saturated heterocycles. The number of anilines is 1. The van der Waals surface area contributed by atoms with Crippen LogP contribution in [0.25, 0.3) is 22.7 Å². The van der Waals surface area contributed by atoms with E-state index >= 15 is 0 Å². The van der Waals surface area contributed by atoms with E-state index in [-0.39, 0.29) is 5.97 Å². The number of aromatic nitrogens is 2. The molecule has 0 saturated carbocycles. The van der Waals surface area contributed by atoms with Gasteiger partial charge < -0.3 is 14.2 Å². The molecular formula is C31H30Cl3N3O4. The Morgan fingerprint density at radius 3 is 2.41 bits per heavy atom. The number of nitrogens with zero attached hydrogens (tertiary/aromatic N) is 3. The zero-order valence-electron chi connectivity index (χ0n) is 23.2. The Labute approximate surface area is 254 Å². The fourth-order valence-corrected chi connectivity index (χ4v) is 4.82. The molecule has 0 aliphatic heterocycles. The summed E-state index contributed by atoms with van der Waals surface area (Å²) >= 11 is 18.4. The molecule has 1 amide bonds. The summed E-state index contributed by atoms with van der Waals surface area (Å²) in [5.74, 6) is -0.395. The Hall–Kier alpha value is -3.39. The van der Waals surface area contributed by atoms with Crippen molar-refractivity contribution in [3.8, 4) is 22.7 Å². The number of carbonyl (C=O) groups is 2. The molecule has 2 aromatic heterocycles. The van der Waals surface area contributed by atoms with Crippen molar-refractivity contribution in [2.24, 2.45) is 0 Å². The monoisotopic (exact) mass is 613 g/mol. The summed E-state index contributed by atoms with van der Waals surface area (Å²) in [4.78, 5) is 30.0. The van der Waals surface area contributed by atoms with Crippen molar-refractivity contribution in [2.45, 2.75) is 51.0 Å². The number of esters is 1. The van der Waals surface area contributed by atoms with Gasteiger partial charge in [0.05, 0.1) is 10.6 Å². The zero-order chi connectivity index (χ0) is 29.7. The van der Waals surface area contributed by atoms with E-state index in [1.807, 2.05) is 52.0 Å². The number of hydrogen-bond donors (Lipinski definition) is 0. The number of pyridine rings is 1. The molecule has 0 radical (unpaired) electrons. The molecule has 0 unspecified atom stereocenters. The highest BCUT2D eigenvalue weighted by Gasteiger charge is 2.23. The van der Waals surface area contributed by atoms with E-state index in [0.29, 0.717) is 52.8 Å². The molecule has 41 heavy (non-hydrogen) atoms.